The zero-order valence-corrected chi connectivity index (χ0v) is 16.6. The lowest BCUT2D eigenvalue weighted by Crippen LogP contribution is -2.11. The summed E-state index contributed by atoms with van der Waals surface area (Å²) in [5.74, 6) is 0.162. The summed E-state index contributed by atoms with van der Waals surface area (Å²) in [5, 5.41) is 9.47. The zero-order valence-electron chi connectivity index (χ0n) is 16.6. The smallest absolute Gasteiger partial charge is 0.174 e. The maximum atomic E-state index is 13.1. The minimum absolute atomic E-state index is 0.0858. The number of ether oxygens (including phenoxy) is 1. The van der Waals surface area contributed by atoms with Crippen molar-refractivity contribution in [2.75, 3.05) is 7.11 Å². The van der Waals surface area contributed by atoms with Crippen molar-refractivity contribution in [3.05, 3.63) is 102 Å². The van der Waals surface area contributed by atoms with Crippen molar-refractivity contribution >= 4 is 11.4 Å². The second-order valence-electron chi connectivity index (χ2n) is 6.44. The number of carbonyl (C=O) groups excluding carboxylic acids is 1. The fraction of sp³-hybridized carbons (Fsp3) is 0.160. The molecule has 0 spiro atoms. The third-order valence-corrected chi connectivity index (χ3v) is 4.60. The molecule has 28 heavy (non-hydrogen) atoms. The Labute approximate surface area is 167 Å². The van der Waals surface area contributed by atoms with Gasteiger partial charge in [-0.3, -0.25) is 4.79 Å². The number of Topliss-reactive ketones (excluding diaryl/α,β-unsaturated/α-hetero) is 1. The molecule has 0 radical (unpaired) electrons. The van der Waals surface area contributed by atoms with Crippen molar-refractivity contribution in [2.24, 2.45) is 0 Å². The average Bonchev–Trinajstić information content (AvgIpc) is 2.72. The standard InChI is InChI=1S/C25H26O3/c1-6-8-9-17(3)18(4)23-15-12-20(16-24(23)28-5)25(27)22(7-2)19-10-13-21(26)14-11-19/h6-16,22,26H,2,4H2,1,3,5H3/b8-6-,17-9-. The Bertz CT molecular complexity index is 931. The molecule has 144 valence electrons. The van der Waals surface area contributed by atoms with Gasteiger partial charge in [0.1, 0.15) is 11.5 Å². The predicted octanol–water partition coefficient (Wildman–Crippen LogP) is 6.09. The van der Waals surface area contributed by atoms with Crippen LogP contribution < -0.4 is 4.74 Å². The lowest BCUT2D eigenvalue weighted by molar-refractivity contribution is 0.0976. The van der Waals surface area contributed by atoms with Gasteiger partial charge in [-0.05, 0) is 54.8 Å². The molecule has 0 amide bonds. The van der Waals surface area contributed by atoms with E-state index in [1.54, 1.807) is 49.6 Å². The van der Waals surface area contributed by atoms with Crippen LogP contribution in [0.15, 0.2) is 85.5 Å². The summed E-state index contributed by atoms with van der Waals surface area (Å²) in [6.07, 6.45) is 7.50. The molecule has 0 bridgehead atoms. The third-order valence-electron chi connectivity index (χ3n) is 4.60. The fourth-order valence-electron chi connectivity index (χ4n) is 2.90. The highest BCUT2D eigenvalue weighted by molar-refractivity contribution is 6.03. The van der Waals surface area contributed by atoms with Crippen LogP contribution in [0.1, 0.15) is 41.3 Å². The Morgan fingerprint density at radius 3 is 2.43 bits per heavy atom. The fourth-order valence-corrected chi connectivity index (χ4v) is 2.90. The lowest BCUT2D eigenvalue weighted by atomic mass is 9.89. The summed E-state index contributed by atoms with van der Waals surface area (Å²) < 4.78 is 5.53. The van der Waals surface area contributed by atoms with E-state index in [1.807, 2.05) is 38.1 Å². The Morgan fingerprint density at radius 1 is 1.18 bits per heavy atom. The number of rotatable bonds is 8. The van der Waals surface area contributed by atoms with E-state index < -0.39 is 5.92 Å². The van der Waals surface area contributed by atoms with Gasteiger partial charge in [0, 0.05) is 11.1 Å². The molecule has 0 aliphatic rings. The summed E-state index contributed by atoms with van der Waals surface area (Å²) in [6.45, 7) is 11.9. The number of phenolic OH excluding ortho intramolecular Hbond substituents is 1. The van der Waals surface area contributed by atoms with Crippen LogP contribution in [0.4, 0.5) is 0 Å². The largest absolute Gasteiger partial charge is 0.508 e. The van der Waals surface area contributed by atoms with Crippen molar-refractivity contribution in [3.63, 3.8) is 0 Å². The van der Waals surface area contributed by atoms with E-state index in [4.69, 9.17) is 4.74 Å². The van der Waals surface area contributed by atoms with Gasteiger partial charge in [-0.2, -0.15) is 0 Å². The van der Waals surface area contributed by atoms with Crippen LogP contribution in [-0.2, 0) is 0 Å². The van der Waals surface area contributed by atoms with E-state index in [-0.39, 0.29) is 11.5 Å². The molecular weight excluding hydrogens is 348 g/mol. The van der Waals surface area contributed by atoms with Gasteiger partial charge in [0.15, 0.2) is 5.78 Å². The van der Waals surface area contributed by atoms with E-state index in [2.05, 4.69) is 13.2 Å². The molecule has 3 heteroatoms. The van der Waals surface area contributed by atoms with Crippen LogP contribution in [-0.4, -0.2) is 18.0 Å². The first kappa shape index (κ1) is 21.0. The van der Waals surface area contributed by atoms with Crippen LogP contribution in [0.25, 0.3) is 5.57 Å². The number of benzene rings is 2. The van der Waals surface area contributed by atoms with Crippen molar-refractivity contribution in [1.82, 2.24) is 0 Å². The van der Waals surface area contributed by atoms with E-state index in [1.165, 1.54) is 0 Å². The van der Waals surface area contributed by atoms with Crippen LogP contribution in [0, 0.1) is 0 Å². The molecule has 0 saturated heterocycles. The summed E-state index contributed by atoms with van der Waals surface area (Å²) in [5.41, 5.74) is 4.00. The molecule has 1 unspecified atom stereocenters. The van der Waals surface area contributed by atoms with Gasteiger partial charge < -0.3 is 9.84 Å². The highest BCUT2D eigenvalue weighted by atomic mass is 16.5. The molecule has 1 N–H and O–H groups in total. The molecular formula is C25H26O3. The Morgan fingerprint density at radius 2 is 1.86 bits per heavy atom. The van der Waals surface area contributed by atoms with Crippen molar-refractivity contribution in [1.29, 1.82) is 0 Å². The quantitative estimate of drug-likeness (QED) is 0.345. The normalized spacial score (nSPS) is 12.6. The maximum absolute atomic E-state index is 13.1. The minimum Gasteiger partial charge on any atom is -0.508 e. The van der Waals surface area contributed by atoms with Crippen LogP contribution in [0.3, 0.4) is 0 Å². The van der Waals surface area contributed by atoms with E-state index >= 15 is 0 Å². The third kappa shape index (κ3) is 4.68. The molecule has 0 aromatic heterocycles. The molecule has 2 aromatic rings. The first-order chi connectivity index (χ1) is 13.4. The van der Waals surface area contributed by atoms with Crippen molar-refractivity contribution in [3.8, 4) is 11.5 Å². The van der Waals surface area contributed by atoms with Gasteiger partial charge >= 0.3 is 0 Å². The van der Waals surface area contributed by atoms with Crippen LogP contribution in [0.5, 0.6) is 11.5 Å². The number of phenols is 1. The lowest BCUT2D eigenvalue weighted by Gasteiger charge is -2.16. The Hall–Kier alpha value is -3.33. The van der Waals surface area contributed by atoms with Crippen LogP contribution >= 0.6 is 0 Å². The Kier molecular flexibility index (Phi) is 7.16. The summed E-state index contributed by atoms with van der Waals surface area (Å²) >= 11 is 0. The number of ketones is 1. The molecule has 0 aliphatic carbocycles. The molecule has 0 saturated carbocycles. The van der Waals surface area contributed by atoms with E-state index in [0.717, 1.165) is 22.3 Å². The van der Waals surface area contributed by atoms with E-state index in [9.17, 15) is 9.90 Å². The zero-order chi connectivity index (χ0) is 20.7. The van der Waals surface area contributed by atoms with Gasteiger partial charge in [-0.25, -0.2) is 0 Å². The van der Waals surface area contributed by atoms with Crippen LogP contribution in [0.2, 0.25) is 0 Å². The second kappa shape index (κ2) is 9.56. The SMILES string of the molecule is C=CC(C(=O)c1ccc(C(=C)/C(C)=C\C=C/C)c(OC)c1)c1ccc(O)cc1. The van der Waals surface area contributed by atoms with Crippen molar-refractivity contribution in [2.45, 2.75) is 19.8 Å². The monoisotopic (exact) mass is 374 g/mol. The number of methoxy groups -OCH3 is 1. The minimum atomic E-state index is -0.504. The second-order valence-corrected chi connectivity index (χ2v) is 6.44. The number of aromatic hydroxyl groups is 1. The summed E-state index contributed by atoms with van der Waals surface area (Å²) in [7, 11) is 1.58. The van der Waals surface area contributed by atoms with Gasteiger partial charge in [0.2, 0.25) is 0 Å². The van der Waals surface area contributed by atoms with Gasteiger partial charge in [-0.1, -0.05) is 49.1 Å². The highest BCUT2D eigenvalue weighted by Gasteiger charge is 2.21. The molecule has 2 aromatic carbocycles. The van der Waals surface area contributed by atoms with Gasteiger partial charge in [0.05, 0.1) is 13.0 Å². The first-order valence-electron chi connectivity index (χ1n) is 9.05. The first-order valence-corrected chi connectivity index (χ1v) is 9.05. The van der Waals surface area contributed by atoms with Crippen molar-refractivity contribution < 1.29 is 14.6 Å². The Balaban J connectivity index is 2.39. The topological polar surface area (TPSA) is 46.5 Å². The average molecular weight is 374 g/mol. The number of carbonyl (C=O) groups is 1. The number of hydrogen-bond acceptors (Lipinski definition) is 3. The molecule has 0 fully saturated rings. The molecule has 0 heterocycles. The van der Waals surface area contributed by atoms with Gasteiger partial charge in [0.25, 0.3) is 0 Å². The summed E-state index contributed by atoms with van der Waals surface area (Å²) in [4.78, 5) is 13.1. The number of allylic oxidation sites excluding steroid dienone is 6. The maximum Gasteiger partial charge on any atom is 0.174 e. The number of hydrogen-bond donors (Lipinski definition) is 1. The molecule has 1 atom stereocenters. The molecule has 2 rings (SSSR count). The van der Waals surface area contributed by atoms with Gasteiger partial charge in [-0.15, -0.1) is 6.58 Å². The molecule has 3 nitrogen and oxygen atoms in total. The predicted molar refractivity (Wildman–Crippen MR) is 116 cm³/mol. The summed E-state index contributed by atoms with van der Waals surface area (Å²) in [6, 6.07) is 12.0. The highest BCUT2D eigenvalue weighted by Crippen LogP contribution is 2.32. The molecule has 0 aliphatic heterocycles. The van der Waals surface area contributed by atoms with E-state index in [0.29, 0.717) is 11.3 Å².